The number of aryl methyl sites for hydroxylation is 2. The molecule has 0 unspecified atom stereocenters. The minimum absolute atomic E-state index is 0.801. The third-order valence-electron chi connectivity index (χ3n) is 3.32. The van der Waals surface area contributed by atoms with E-state index in [0.717, 1.165) is 50.3 Å². The fourth-order valence-electron chi connectivity index (χ4n) is 2.11. The molecule has 0 spiro atoms. The molecule has 102 valence electrons. The van der Waals surface area contributed by atoms with Gasteiger partial charge in [-0.3, -0.25) is 0 Å². The zero-order valence-corrected chi connectivity index (χ0v) is 11.6. The topological polar surface area (TPSA) is 39.1 Å². The Morgan fingerprint density at radius 3 is 3.06 bits per heavy atom. The van der Waals surface area contributed by atoms with Crippen molar-refractivity contribution in [2.24, 2.45) is 5.92 Å². The Morgan fingerprint density at radius 2 is 2.33 bits per heavy atom. The van der Waals surface area contributed by atoms with Gasteiger partial charge in [0.1, 0.15) is 0 Å². The van der Waals surface area contributed by atoms with E-state index in [-0.39, 0.29) is 0 Å². The molecule has 1 aliphatic rings. The van der Waals surface area contributed by atoms with Gasteiger partial charge in [0.25, 0.3) is 0 Å². The predicted octanol–water partition coefficient (Wildman–Crippen LogP) is 2.83. The van der Waals surface area contributed by atoms with Crippen molar-refractivity contribution >= 4 is 5.95 Å². The number of imidazole rings is 1. The summed E-state index contributed by atoms with van der Waals surface area (Å²) >= 11 is 0. The smallest absolute Gasteiger partial charge is 0.203 e. The first-order valence-electron chi connectivity index (χ1n) is 7.15. The highest BCUT2D eigenvalue weighted by atomic mass is 16.5. The summed E-state index contributed by atoms with van der Waals surface area (Å²) in [6, 6.07) is 0. The quantitative estimate of drug-likeness (QED) is 0.686. The third kappa shape index (κ3) is 4.33. The molecule has 2 rings (SSSR count). The molecule has 0 saturated heterocycles. The van der Waals surface area contributed by atoms with E-state index in [4.69, 9.17) is 4.74 Å². The first-order valence-corrected chi connectivity index (χ1v) is 7.15. The highest BCUT2D eigenvalue weighted by Gasteiger charge is 2.21. The second-order valence-electron chi connectivity index (χ2n) is 5.11. The Labute approximate surface area is 110 Å². The number of hydrogen-bond acceptors (Lipinski definition) is 3. The van der Waals surface area contributed by atoms with E-state index in [1.807, 2.05) is 6.92 Å². The average molecular weight is 251 g/mol. The summed E-state index contributed by atoms with van der Waals surface area (Å²) in [4.78, 5) is 4.54. The van der Waals surface area contributed by atoms with Crippen LogP contribution < -0.4 is 5.32 Å². The van der Waals surface area contributed by atoms with Gasteiger partial charge in [-0.2, -0.15) is 0 Å². The molecule has 1 N–H and O–H groups in total. The first kappa shape index (κ1) is 13.4. The molecule has 1 fully saturated rings. The van der Waals surface area contributed by atoms with Crippen molar-refractivity contribution in [3.8, 4) is 0 Å². The van der Waals surface area contributed by atoms with Crippen LogP contribution in [-0.4, -0.2) is 29.3 Å². The minimum atomic E-state index is 0.801. The molecular weight excluding hydrogens is 226 g/mol. The molecule has 0 radical (unpaired) electrons. The lowest BCUT2D eigenvalue weighted by molar-refractivity contribution is 0.147. The maximum atomic E-state index is 5.33. The summed E-state index contributed by atoms with van der Waals surface area (Å²) < 4.78 is 7.59. The van der Waals surface area contributed by atoms with Crippen LogP contribution in [0.25, 0.3) is 0 Å². The average Bonchev–Trinajstić information content (AvgIpc) is 3.11. The predicted molar refractivity (Wildman–Crippen MR) is 73.9 cm³/mol. The van der Waals surface area contributed by atoms with Crippen LogP contribution in [0.3, 0.4) is 0 Å². The van der Waals surface area contributed by atoms with E-state index < -0.39 is 0 Å². The molecule has 0 bridgehead atoms. The Morgan fingerprint density at radius 1 is 1.50 bits per heavy atom. The summed E-state index contributed by atoms with van der Waals surface area (Å²) in [7, 11) is 0. The second-order valence-corrected chi connectivity index (χ2v) is 5.11. The number of nitrogens with zero attached hydrogens (tertiary/aromatic N) is 2. The number of ether oxygens (including phenoxy) is 1. The number of rotatable bonds is 9. The van der Waals surface area contributed by atoms with E-state index in [2.05, 4.69) is 28.0 Å². The standard InChI is InChI=1S/C14H25N3O/c1-3-18-10-4-8-15-14-16-12(2)11-17(14)9-7-13-5-6-13/h11,13H,3-10H2,1-2H3,(H,15,16). The number of anilines is 1. The molecular formula is C14H25N3O. The Kier molecular flexibility index (Phi) is 5.05. The lowest BCUT2D eigenvalue weighted by Crippen LogP contribution is -2.11. The van der Waals surface area contributed by atoms with Gasteiger partial charge in [-0.15, -0.1) is 0 Å². The van der Waals surface area contributed by atoms with E-state index in [0.29, 0.717) is 0 Å². The molecule has 1 saturated carbocycles. The van der Waals surface area contributed by atoms with Crippen LogP contribution in [-0.2, 0) is 11.3 Å². The van der Waals surface area contributed by atoms with Gasteiger partial charge in [-0.05, 0) is 32.6 Å². The molecule has 4 heteroatoms. The minimum Gasteiger partial charge on any atom is -0.382 e. The van der Waals surface area contributed by atoms with E-state index in [1.165, 1.54) is 19.3 Å². The number of nitrogens with one attached hydrogen (secondary N) is 1. The summed E-state index contributed by atoms with van der Waals surface area (Å²) in [6.45, 7) is 7.74. The van der Waals surface area contributed by atoms with Crippen molar-refractivity contribution in [2.75, 3.05) is 25.1 Å². The Bertz CT molecular complexity index is 358. The van der Waals surface area contributed by atoms with E-state index >= 15 is 0 Å². The van der Waals surface area contributed by atoms with Crippen LogP contribution >= 0.6 is 0 Å². The summed E-state index contributed by atoms with van der Waals surface area (Å²) in [6.07, 6.45) is 7.31. The summed E-state index contributed by atoms with van der Waals surface area (Å²) in [5.74, 6) is 1.99. The fraction of sp³-hybridized carbons (Fsp3) is 0.786. The van der Waals surface area contributed by atoms with Gasteiger partial charge in [-0.25, -0.2) is 4.98 Å². The van der Waals surface area contributed by atoms with Gasteiger partial charge < -0.3 is 14.6 Å². The normalized spacial score (nSPS) is 15.0. The van der Waals surface area contributed by atoms with Crippen molar-refractivity contribution in [3.05, 3.63) is 11.9 Å². The maximum absolute atomic E-state index is 5.33. The Balaban J connectivity index is 1.74. The zero-order chi connectivity index (χ0) is 12.8. The van der Waals surface area contributed by atoms with Gasteiger partial charge in [0.15, 0.2) is 0 Å². The lowest BCUT2D eigenvalue weighted by atomic mass is 10.3. The maximum Gasteiger partial charge on any atom is 0.203 e. The SMILES string of the molecule is CCOCCCNc1nc(C)cn1CCC1CC1. The van der Waals surface area contributed by atoms with Crippen LogP contribution in [0.15, 0.2) is 6.20 Å². The molecule has 1 aromatic rings. The van der Waals surface area contributed by atoms with Gasteiger partial charge in [0, 0.05) is 32.5 Å². The van der Waals surface area contributed by atoms with Crippen LogP contribution in [0.1, 0.15) is 38.3 Å². The molecule has 0 amide bonds. The van der Waals surface area contributed by atoms with Crippen LogP contribution in [0.4, 0.5) is 5.95 Å². The van der Waals surface area contributed by atoms with Crippen molar-refractivity contribution in [1.82, 2.24) is 9.55 Å². The monoisotopic (exact) mass is 251 g/mol. The molecule has 4 nitrogen and oxygen atoms in total. The fourth-order valence-corrected chi connectivity index (χ4v) is 2.11. The van der Waals surface area contributed by atoms with Gasteiger partial charge in [-0.1, -0.05) is 12.8 Å². The van der Waals surface area contributed by atoms with E-state index in [1.54, 1.807) is 0 Å². The van der Waals surface area contributed by atoms with Crippen LogP contribution in [0, 0.1) is 12.8 Å². The largest absolute Gasteiger partial charge is 0.382 e. The van der Waals surface area contributed by atoms with Crippen molar-refractivity contribution in [3.63, 3.8) is 0 Å². The van der Waals surface area contributed by atoms with Crippen LogP contribution in [0.5, 0.6) is 0 Å². The number of hydrogen-bond donors (Lipinski definition) is 1. The molecule has 0 aromatic carbocycles. The third-order valence-corrected chi connectivity index (χ3v) is 3.32. The first-order chi connectivity index (χ1) is 8.79. The highest BCUT2D eigenvalue weighted by molar-refractivity contribution is 5.28. The van der Waals surface area contributed by atoms with Crippen molar-refractivity contribution in [2.45, 2.75) is 46.1 Å². The zero-order valence-electron chi connectivity index (χ0n) is 11.6. The molecule has 1 heterocycles. The second kappa shape index (κ2) is 6.78. The lowest BCUT2D eigenvalue weighted by Gasteiger charge is -2.09. The Hall–Kier alpha value is -1.03. The molecule has 1 aliphatic carbocycles. The molecule has 18 heavy (non-hydrogen) atoms. The van der Waals surface area contributed by atoms with Gasteiger partial charge in [0.05, 0.1) is 5.69 Å². The van der Waals surface area contributed by atoms with Crippen molar-refractivity contribution < 1.29 is 4.74 Å². The summed E-state index contributed by atoms with van der Waals surface area (Å²) in [5.41, 5.74) is 1.10. The van der Waals surface area contributed by atoms with Crippen LogP contribution in [0.2, 0.25) is 0 Å². The molecule has 0 aliphatic heterocycles. The van der Waals surface area contributed by atoms with Gasteiger partial charge in [0.2, 0.25) is 5.95 Å². The van der Waals surface area contributed by atoms with Gasteiger partial charge >= 0.3 is 0 Å². The summed E-state index contributed by atoms with van der Waals surface area (Å²) in [5, 5.41) is 3.41. The highest BCUT2D eigenvalue weighted by Crippen LogP contribution is 2.33. The van der Waals surface area contributed by atoms with Crippen molar-refractivity contribution in [1.29, 1.82) is 0 Å². The van der Waals surface area contributed by atoms with E-state index in [9.17, 15) is 0 Å². The number of aromatic nitrogens is 2. The molecule has 0 atom stereocenters. The molecule has 1 aromatic heterocycles.